The van der Waals surface area contributed by atoms with Gasteiger partial charge in [-0.2, -0.15) is 0 Å². The molecule has 0 radical (unpaired) electrons. The van der Waals surface area contributed by atoms with Crippen LogP contribution in [0.15, 0.2) is 22.7 Å². The lowest BCUT2D eigenvalue weighted by atomic mass is 10.0. The zero-order valence-electron chi connectivity index (χ0n) is 11.3. The quantitative estimate of drug-likeness (QED) is 0.844. The molecule has 1 unspecified atom stereocenters. The Morgan fingerprint density at radius 3 is 2.50 bits per heavy atom. The van der Waals surface area contributed by atoms with Gasteiger partial charge in [-0.25, -0.2) is 0 Å². The average Bonchev–Trinajstić information content (AvgIpc) is 2.33. The maximum Gasteiger partial charge on any atom is 0.0551 e. The summed E-state index contributed by atoms with van der Waals surface area (Å²) in [6.07, 6.45) is 1.12. The van der Waals surface area contributed by atoms with E-state index in [0.29, 0.717) is 12.6 Å². The second kappa shape index (κ2) is 7.49. The van der Waals surface area contributed by atoms with Crippen LogP contribution in [0.4, 0.5) is 0 Å². The molecule has 0 saturated heterocycles. The van der Waals surface area contributed by atoms with Crippen LogP contribution in [0.25, 0.3) is 0 Å². The van der Waals surface area contributed by atoms with Gasteiger partial charge in [-0.3, -0.25) is 4.90 Å². The summed E-state index contributed by atoms with van der Waals surface area (Å²) in [5, 5.41) is 0.742. The summed E-state index contributed by atoms with van der Waals surface area (Å²) in [6, 6.07) is 6.80. The van der Waals surface area contributed by atoms with Crippen molar-refractivity contribution in [3.8, 4) is 0 Å². The Bertz CT molecular complexity index is 382. The third kappa shape index (κ3) is 3.95. The number of rotatable bonds is 6. The number of nitrogens with zero attached hydrogens (tertiary/aromatic N) is 1. The Kier molecular flexibility index (Phi) is 6.64. The van der Waals surface area contributed by atoms with Crippen molar-refractivity contribution in [3.63, 3.8) is 0 Å². The summed E-state index contributed by atoms with van der Waals surface area (Å²) in [5.74, 6) is 0. The lowest BCUT2D eigenvalue weighted by Gasteiger charge is -2.34. The Hall–Kier alpha value is -0.0900. The Labute approximate surface area is 124 Å². The van der Waals surface area contributed by atoms with Gasteiger partial charge in [-0.1, -0.05) is 24.6 Å². The van der Waals surface area contributed by atoms with E-state index >= 15 is 0 Å². The van der Waals surface area contributed by atoms with Crippen molar-refractivity contribution < 1.29 is 0 Å². The highest BCUT2D eigenvalue weighted by atomic mass is 79.9. The van der Waals surface area contributed by atoms with Crippen LogP contribution < -0.4 is 5.73 Å². The number of benzene rings is 1. The molecule has 1 aromatic rings. The number of halogens is 2. The van der Waals surface area contributed by atoms with E-state index in [1.54, 1.807) is 0 Å². The van der Waals surface area contributed by atoms with Gasteiger partial charge in [0.15, 0.2) is 0 Å². The molecule has 0 spiro atoms. The SMILES string of the molecule is CCCN(C(C)C)C(CN)c1ccc(Br)c(Cl)c1. The highest BCUT2D eigenvalue weighted by Gasteiger charge is 2.21. The van der Waals surface area contributed by atoms with Gasteiger partial charge in [0, 0.05) is 23.1 Å². The van der Waals surface area contributed by atoms with Crippen molar-refractivity contribution in [2.75, 3.05) is 13.1 Å². The summed E-state index contributed by atoms with van der Waals surface area (Å²) in [7, 11) is 0. The normalized spacial score (nSPS) is 13.3. The van der Waals surface area contributed by atoms with E-state index in [0.717, 1.165) is 22.5 Å². The van der Waals surface area contributed by atoms with Crippen LogP contribution in [0.5, 0.6) is 0 Å². The van der Waals surface area contributed by atoms with E-state index in [1.165, 1.54) is 5.56 Å². The molecule has 0 bridgehead atoms. The average molecular weight is 334 g/mol. The Morgan fingerprint density at radius 1 is 1.39 bits per heavy atom. The van der Waals surface area contributed by atoms with Crippen molar-refractivity contribution in [2.45, 2.75) is 39.3 Å². The molecule has 102 valence electrons. The molecule has 0 saturated carbocycles. The minimum Gasteiger partial charge on any atom is -0.329 e. The van der Waals surface area contributed by atoms with Crippen LogP contribution in [0, 0.1) is 0 Å². The maximum atomic E-state index is 6.17. The molecule has 1 aromatic carbocycles. The molecule has 0 aliphatic rings. The lowest BCUT2D eigenvalue weighted by molar-refractivity contribution is 0.157. The molecular formula is C14H22BrClN2. The van der Waals surface area contributed by atoms with Gasteiger partial charge in [0.1, 0.15) is 0 Å². The molecule has 18 heavy (non-hydrogen) atoms. The fourth-order valence-corrected chi connectivity index (χ4v) is 2.65. The molecule has 0 aromatic heterocycles. The van der Waals surface area contributed by atoms with Gasteiger partial charge >= 0.3 is 0 Å². The summed E-state index contributed by atoms with van der Waals surface area (Å²) >= 11 is 9.59. The third-order valence-electron chi connectivity index (χ3n) is 3.10. The van der Waals surface area contributed by atoms with E-state index in [1.807, 2.05) is 12.1 Å². The van der Waals surface area contributed by atoms with Gasteiger partial charge < -0.3 is 5.73 Å². The molecular weight excluding hydrogens is 312 g/mol. The van der Waals surface area contributed by atoms with Gasteiger partial charge in [0.25, 0.3) is 0 Å². The monoisotopic (exact) mass is 332 g/mol. The van der Waals surface area contributed by atoms with Crippen LogP contribution >= 0.6 is 27.5 Å². The van der Waals surface area contributed by atoms with E-state index < -0.39 is 0 Å². The summed E-state index contributed by atoms with van der Waals surface area (Å²) < 4.78 is 0.926. The van der Waals surface area contributed by atoms with Crippen LogP contribution in [0.2, 0.25) is 5.02 Å². The molecule has 0 fully saturated rings. The van der Waals surface area contributed by atoms with E-state index in [2.05, 4.69) is 47.7 Å². The topological polar surface area (TPSA) is 29.3 Å². The van der Waals surface area contributed by atoms with Crippen LogP contribution in [-0.2, 0) is 0 Å². The summed E-state index contributed by atoms with van der Waals surface area (Å²) in [5.41, 5.74) is 7.15. The molecule has 0 aliphatic carbocycles. The highest BCUT2D eigenvalue weighted by molar-refractivity contribution is 9.10. The van der Waals surface area contributed by atoms with E-state index in [4.69, 9.17) is 17.3 Å². The first-order chi connectivity index (χ1) is 8.51. The summed E-state index contributed by atoms with van der Waals surface area (Å²) in [6.45, 7) is 8.26. The molecule has 2 N–H and O–H groups in total. The molecule has 0 heterocycles. The van der Waals surface area contributed by atoms with Crippen molar-refractivity contribution in [2.24, 2.45) is 5.73 Å². The standard InChI is InChI=1S/C14H22BrClN2/c1-4-7-18(10(2)3)14(9-17)11-5-6-12(15)13(16)8-11/h5-6,8,10,14H,4,7,9,17H2,1-3H3. The van der Waals surface area contributed by atoms with Crippen molar-refractivity contribution in [1.29, 1.82) is 0 Å². The Morgan fingerprint density at radius 2 is 2.06 bits per heavy atom. The molecule has 0 aliphatic heterocycles. The number of hydrogen-bond donors (Lipinski definition) is 1. The first-order valence-electron chi connectivity index (χ1n) is 6.42. The highest BCUT2D eigenvalue weighted by Crippen LogP contribution is 2.29. The third-order valence-corrected chi connectivity index (χ3v) is 4.33. The molecule has 1 atom stereocenters. The zero-order valence-corrected chi connectivity index (χ0v) is 13.6. The zero-order chi connectivity index (χ0) is 13.7. The van der Waals surface area contributed by atoms with Crippen LogP contribution in [0.3, 0.4) is 0 Å². The largest absolute Gasteiger partial charge is 0.329 e. The minimum atomic E-state index is 0.232. The van der Waals surface area contributed by atoms with E-state index in [9.17, 15) is 0 Å². The van der Waals surface area contributed by atoms with Crippen LogP contribution in [0.1, 0.15) is 38.8 Å². The second-order valence-corrected chi connectivity index (χ2v) is 6.02. The summed E-state index contributed by atoms with van der Waals surface area (Å²) in [4.78, 5) is 2.43. The van der Waals surface area contributed by atoms with Gasteiger partial charge in [0.2, 0.25) is 0 Å². The molecule has 0 amide bonds. The number of nitrogens with two attached hydrogens (primary N) is 1. The molecule has 1 rings (SSSR count). The second-order valence-electron chi connectivity index (χ2n) is 4.76. The minimum absolute atomic E-state index is 0.232. The van der Waals surface area contributed by atoms with Gasteiger partial charge in [-0.05, 0) is 60.4 Å². The first-order valence-corrected chi connectivity index (χ1v) is 7.59. The smallest absolute Gasteiger partial charge is 0.0551 e. The fourth-order valence-electron chi connectivity index (χ4n) is 2.21. The van der Waals surface area contributed by atoms with Gasteiger partial charge in [0.05, 0.1) is 5.02 Å². The number of hydrogen-bond acceptors (Lipinski definition) is 2. The van der Waals surface area contributed by atoms with Gasteiger partial charge in [-0.15, -0.1) is 0 Å². The predicted octanol–water partition coefficient (Wildman–Crippen LogP) is 4.22. The predicted molar refractivity (Wildman–Crippen MR) is 83.1 cm³/mol. The lowest BCUT2D eigenvalue weighted by Crippen LogP contribution is -2.39. The van der Waals surface area contributed by atoms with Crippen LogP contribution in [-0.4, -0.2) is 24.0 Å². The molecule has 4 heteroatoms. The fraction of sp³-hybridized carbons (Fsp3) is 0.571. The Balaban J connectivity index is 3.02. The maximum absolute atomic E-state index is 6.17. The molecule has 2 nitrogen and oxygen atoms in total. The van der Waals surface area contributed by atoms with E-state index in [-0.39, 0.29) is 6.04 Å². The van der Waals surface area contributed by atoms with Crippen molar-refractivity contribution in [1.82, 2.24) is 4.90 Å². The van der Waals surface area contributed by atoms with Crippen molar-refractivity contribution in [3.05, 3.63) is 33.3 Å². The first kappa shape index (κ1) is 16.0. The van der Waals surface area contributed by atoms with Crippen molar-refractivity contribution >= 4 is 27.5 Å².